The van der Waals surface area contributed by atoms with Gasteiger partial charge in [0.15, 0.2) is 5.82 Å². The van der Waals surface area contributed by atoms with E-state index in [1.807, 2.05) is 0 Å². The molecule has 0 spiro atoms. The molecule has 0 unspecified atom stereocenters. The van der Waals surface area contributed by atoms with Gasteiger partial charge in [0.25, 0.3) is 0 Å². The van der Waals surface area contributed by atoms with Crippen molar-refractivity contribution >= 4 is 5.57 Å². The third-order valence-corrected chi connectivity index (χ3v) is 1.10. The Hall–Kier alpha value is -1.44. The molecule has 0 aliphatic rings. The van der Waals surface area contributed by atoms with Crippen LogP contribution >= 0.6 is 0 Å². The van der Waals surface area contributed by atoms with Gasteiger partial charge in [-0.05, 0) is 6.07 Å². The van der Waals surface area contributed by atoms with Gasteiger partial charge in [-0.1, -0.05) is 19.2 Å². The lowest BCUT2D eigenvalue weighted by atomic mass is 10.3. The summed E-state index contributed by atoms with van der Waals surface area (Å²) in [7, 11) is 0. The van der Waals surface area contributed by atoms with Crippen molar-refractivity contribution in [3.05, 3.63) is 43.5 Å². The molecule has 0 aromatic carbocycles. The van der Waals surface area contributed by atoms with Crippen LogP contribution in [0.25, 0.3) is 5.57 Å². The average molecular weight is 132 g/mol. The molecule has 1 rings (SSSR count). The highest BCUT2D eigenvalue weighted by molar-refractivity contribution is 5.65. The summed E-state index contributed by atoms with van der Waals surface area (Å²) >= 11 is 0. The molecule has 1 aromatic rings. The van der Waals surface area contributed by atoms with Crippen LogP contribution in [0.5, 0.6) is 0 Å². The second kappa shape index (κ2) is 2.92. The molecule has 0 radical (unpaired) electrons. The highest BCUT2D eigenvalue weighted by Gasteiger charge is 1.92. The first-order valence-corrected chi connectivity index (χ1v) is 2.93. The van der Waals surface area contributed by atoms with E-state index < -0.39 is 0 Å². The van der Waals surface area contributed by atoms with E-state index in [1.165, 1.54) is 0 Å². The lowest BCUT2D eigenvalue weighted by molar-refractivity contribution is 1.12. The quantitative estimate of drug-likeness (QED) is 0.572. The monoisotopic (exact) mass is 132 g/mol. The summed E-state index contributed by atoms with van der Waals surface area (Å²) in [5.74, 6) is 0.637. The van der Waals surface area contributed by atoms with Crippen LogP contribution in [0.3, 0.4) is 0 Å². The molecule has 0 atom stereocenters. The first-order chi connectivity index (χ1) is 4.84. The number of aromatic nitrogens is 2. The maximum atomic E-state index is 3.97. The van der Waals surface area contributed by atoms with Crippen LogP contribution in [0.2, 0.25) is 0 Å². The van der Waals surface area contributed by atoms with Crippen molar-refractivity contribution in [2.45, 2.75) is 0 Å². The van der Waals surface area contributed by atoms with Gasteiger partial charge in [0.2, 0.25) is 0 Å². The van der Waals surface area contributed by atoms with Crippen LogP contribution in [-0.4, -0.2) is 9.97 Å². The van der Waals surface area contributed by atoms with Crippen LogP contribution in [0, 0.1) is 0 Å². The topological polar surface area (TPSA) is 25.8 Å². The van der Waals surface area contributed by atoms with Crippen LogP contribution in [0.4, 0.5) is 0 Å². The molecule has 1 aromatic heterocycles. The summed E-state index contributed by atoms with van der Waals surface area (Å²) in [6, 6.07) is 1.76. The minimum atomic E-state index is 0.637. The molecule has 0 fully saturated rings. The molecule has 0 amide bonds. The second-order valence-electron chi connectivity index (χ2n) is 1.80. The van der Waals surface area contributed by atoms with E-state index in [4.69, 9.17) is 0 Å². The van der Waals surface area contributed by atoms with E-state index in [-0.39, 0.29) is 0 Å². The fraction of sp³-hybridized carbons (Fsp3) is 0. The number of hydrogen-bond donors (Lipinski definition) is 0. The van der Waals surface area contributed by atoms with Gasteiger partial charge >= 0.3 is 0 Å². The van der Waals surface area contributed by atoms with E-state index in [2.05, 4.69) is 23.1 Å². The van der Waals surface area contributed by atoms with Crippen LogP contribution in [0.15, 0.2) is 37.7 Å². The summed E-state index contributed by atoms with van der Waals surface area (Å²) in [6.07, 6.45) is 4.99. The second-order valence-corrected chi connectivity index (χ2v) is 1.80. The van der Waals surface area contributed by atoms with Crippen molar-refractivity contribution in [3.8, 4) is 0 Å². The maximum Gasteiger partial charge on any atom is 0.158 e. The van der Waals surface area contributed by atoms with Gasteiger partial charge in [-0.15, -0.1) is 0 Å². The van der Waals surface area contributed by atoms with Gasteiger partial charge < -0.3 is 0 Å². The van der Waals surface area contributed by atoms with Crippen molar-refractivity contribution in [1.29, 1.82) is 0 Å². The molecular formula is C8H8N2. The molecule has 0 saturated carbocycles. The zero-order valence-corrected chi connectivity index (χ0v) is 5.62. The van der Waals surface area contributed by atoms with Crippen LogP contribution in [0.1, 0.15) is 5.82 Å². The Bertz CT molecular complexity index is 239. The van der Waals surface area contributed by atoms with Gasteiger partial charge in [0.05, 0.1) is 0 Å². The minimum absolute atomic E-state index is 0.637. The minimum Gasteiger partial charge on any atom is -0.237 e. The van der Waals surface area contributed by atoms with Gasteiger partial charge in [0, 0.05) is 18.0 Å². The van der Waals surface area contributed by atoms with E-state index in [0.29, 0.717) is 5.82 Å². The van der Waals surface area contributed by atoms with Crippen LogP contribution < -0.4 is 0 Å². The molecule has 0 bridgehead atoms. The molecule has 0 N–H and O–H groups in total. The summed E-state index contributed by atoms with van der Waals surface area (Å²) in [5.41, 5.74) is 0.751. The van der Waals surface area contributed by atoms with Crippen molar-refractivity contribution in [1.82, 2.24) is 9.97 Å². The molecule has 2 heteroatoms. The highest BCUT2D eigenvalue weighted by Crippen LogP contribution is 2.03. The van der Waals surface area contributed by atoms with Gasteiger partial charge in [-0.25, -0.2) is 9.97 Å². The van der Waals surface area contributed by atoms with Crippen molar-refractivity contribution in [3.63, 3.8) is 0 Å². The number of nitrogens with zero attached hydrogens (tertiary/aromatic N) is 2. The van der Waals surface area contributed by atoms with Crippen molar-refractivity contribution in [2.75, 3.05) is 0 Å². The van der Waals surface area contributed by atoms with Crippen LogP contribution in [-0.2, 0) is 0 Å². The van der Waals surface area contributed by atoms with E-state index in [0.717, 1.165) is 5.57 Å². The standard InChI is InChI=1S/C8H8N2/c1-3-7(2)8-9-5-4-6-10-8/h3-6H,1-2H2. The number of hydrogen-bond acceptors (Lipinski definition) is 2. The fourth-order valence-electron chi connectivity index (χ4n) is 0.556. The molecule has 1 heterocycles. The smallest absolute Gasteiger partial charge is 0.158 e. The van der Waals surface area contributed by atoms with Gasteiger partial charge in [0.1, 0.15) is 0 Å². The van der Waals surface area contributed by atoms with Crippen molar-refractivity contribution in [2.24, 2.45) is 0 Å². The van der Waals surface area contributed by atoms with E-state index >= 15 is 0 Å². The number of allylic oxidation sites excluding steroid dienone is 2. The SMILES string of the molecule is C=CC(=C)c1ncccn1. The Kier molecular flexibility index (Phi) is 1.95. The lowest BCUT2D eigenvalue weighted by Crippen LogP contribution is -1.87. The summed E-state index contributed by atoms with van der Waals surface area (Å²) < 4.78 is 0. The largest absolute Gasteiger partial charge is 0.237 e. The summed E-state index contributed by atoms with van der Waals surface area (Å²) in [4.78, 5) is 7.94. The highest BCUT2D eigenvalue weighted by atomic mass is 14.8. The molecular weight excluding hydrogens is 124 g/mol. The lowest BCUT2D eigenvalue weighted by Gasteiger charge is -1.93. The Balaban J connectivity index is 2.95. The summed E-state index contributed by atoms with van der Waals surface area (Å²) in [5, 5.41) is 0. The Labute approximate surface area is 60.0 Å². The molecule has 0 saturated heterocycles. The summed E-state index contributed by atoms with van der Waals surface area (Å²) in [6.45, 7) is 7.26. The molecule has 10 heavy (non-hydrogen) atoms. The zero-order valence-electron chi connectivity index (χ0n) is 5.62. The Morgan fingerprint density at radius 3 is 2.50 bits per heavy atom. The molecule has 50 valence electrons. The average Bonchev–Trinajstić information content (AvgIpc) is 2.05. The van der Waals surface area contributed by atoms with Crippen molar-refractivity contribution < 1.29 is 0 Å². The predicted octanol–water partition coefficient (Wildman–Crippen LogP) is 1.68. The Morgan fingerprint density at radius 2 is 2.00 bits per heavy atom. The fourth-order valence-corrected chi connectivity index (χ4v) is 0.556. The predicted molar refractivity (Wildman–Crippen MR) is 41.3 cm³/mol. The van der Waals surface area contributed by atoms with Gasteiger partial charge in [-0.2, -0.15) is 0 Å². The molecule has 2 nitrogen and oxygen atoms in total. The molecule has 0 aliphatic heterocycles. The Morgan fingerprint density at radius 1 is 1.40 bits per heavy atom. The normalized spacial score (nSPS) is 8.80. The van der Waals surface area contributed by atoms with E-state index in [9.17, 15) is 0 Å². The van der Waals surface area contributed by atoms with E-state index in [1.54, 1.807) is 24.5 Å². The first-order valence-electron chi connectivity index (χ1n) is 2.93. The maximum absolute atomic E-state index is 3.97. The first kappa shape index (κ1) is 6.68. The molecule has 0 aliphatic carbocycles. The third kappa shape index (κ3) is 1.29. The third-order valence-electron chi connectivity index (χ3n) is 1.10. The zero-order chi connectivity index (χ0) is 7.40. The number of rotatable bonds is 2. The van der Waals surface area contributed by atoms with Gasteiger partial charge in [-0.3, -0.25) is 0 Å².